The van der Waals surface area contributed by atoms with Crippen LogP contribution < -0.4 is 25.0 Å². The van der Waals surface area contributed by atoms with E-state index in [0.717, 1.165) is 0 Å². The minimum atomic E-state index is -0.550. The Hall–Kier alpha value is -4.04. The molecule has 0 spiro atoms. The van der Waals surface area contributed by atoms with Crippen LogP contribution in [0.25, 0.3) is 0 Å². The van der Waals surface area contributed by atoms with Gasteiger partial charge in [-0.1, -0.05) is 29.8 Å². The van der Waals surface area contributed by atoms with Gasteiger partial charge < -0.3 is 25.0 Å². The van der Waals surface area contributed by atoms with Gasteiger partial charge in [0, 0.05) is 41.4 Å². The molecule has 9 heteroatoms. The molecular weight excluding hydrogens is 470 g/mol. The standard InChI is InChI=1S/C26H24ClN3O5/c1-34-22-14-21(23(35-2)13-20(22)28-25(32)16-6-4-3-5-7-16)29-26(33)17-12-24(31)30(15-17)19-10-8-18(27)9-11-19/h3-11,13-14,17H,12,15H2,1-2H3,(H,28,32)(H,29,33)/t17-/m0/s1. The molecule has 0 radical (unpaired) electrons. The van der Waals surface area contributed by atoms with Crippen molar-refractivity contribution in [1.82, 2.24) is 0 Å². The van der Waals surface area contributed by atoms with E-state index in [0.29, 0.717) is 39.1 Å². The number of carbonyl (C=O) groups is 3. The number of rotatable bonds is 7. The summed E-state index contributed by atoms with van der Waals surface area (Å²) in [5.41, 5.74) is 1.93. The lowest BCUT2D eigenvalue weighted by molar-refractivity contribution is -0.122. The van der Waals surface area contributed by atoms with Gasteiger partial charge in [0.1, 0.15) is 11.5 Å². The van der Waals surface area contributed by atoms with Gasteiger partial charge >= 0.3 is 0 Å². The van der Waals surface area contributed by atoms with Crippen LogP contribution in [0.1, 0.15) is 16.8 Å². The van der Waals surface area contributed by atoms with Crippen molar-refractivity contribution >= 4 is 46.4 Å². The van der Waals surface area contributed by atoms with E-state index in [2.05, 4.69) is 10.6 Å². The molecule has 3 amide bonds. The highest BCUT2D eigenvalue weighted by atomic mass is 35.5. The van der Waals surface area contributed by atoms with Crippen molar-refractivity contribution in [3.8, 4) is 11.5 Å². The molecule has 180 valence electrons. The molecule has 1 saturated heterocycles. The molecule has 0 saturated carbocycles. The van der Waals surface area contributed by atoms with Gasteiger partial charge in [0.2, 0.25) is 11.8 Å². The molecule has 1 atom stereocenters. The Bertz CT molecular complexity index is 1250. The fourth-order valence-corrected chi connectivity index (χ4v) is 3.99. The van der Waals surface area contributed by atoms with Crippen LogP contribution in [0.5, 0.6) is 11.5 Å². The second-order valence-corrected chi connectivity index (χ2v) is 8.38. The number of hydrogen-bond acceptors (Lipinski definition) is 5. The average molecular weight is 494 g/mol. The second kappa shape index (κ2) is 10.5. The third kappa shape index (κ3) is 5.38. The molecule has 0 aromatic heterocycles. The van der Waals surface area contributed by atoms with Crippen LogP contribution in [-0.4, -0.2) is 38.5 Å². The van der Waals surface area contributed by atoms with Crippen LogP contribution in [-0.2, 0) is 9.59 Å². The topological polar surface area (TPSA) is 97.0 Å². The molecule has 0 unspecified atom stereocenters. The van der Waals surface area contributed by atoms with Gasteiger partial charge in [-0.2, -0.15) is 0 Å². The number of carbonyl (C=O) groups excluding carboxylic acids is 3. The van der Waals surface area contributed by atoms with E-state index >= 15 is 0 Å². The highest BCUT2D eigenvalue weighted by Gasteiger charge is 2.35. The Kier molecular flexibility index (Phi) is 7.22. The molecule has 1 heterocycles. The first-order valence-electron chi connectivity index (χ1n) is 10.9. The van der Waals surface area contributed by atoms with E-state index < -0.39 is 5.92 Å². The largest absolute Gasteiger partial charge is 0.494 e. The molecule has 1 aliphatic rings. The van der Waals surface area contributed by atoms with E-state index in [-0.39, 0.29) is 30.7 Å². The van der Waals surface area contributed by atoms with Crippen LogP contribution in [0.3, 0.4) is 0 Å². The number of nitrogens with one attached hydrogen (secondary N) is 2. The fraction of sp³-hybridized carbons (Fsp3) is 0.192. The van der Waals surface area contributed by atoms with Gasteiger partial charge in [-0.25, -0.2) is 0 Å². The molecule has 1 fully saturated rings. The highest BCUT2D eigenvalue weighted by molar-refractivity contribution is 6.30. The third-order valence-electron chi connectivity index (χ3n) is 5.70. The lowest BCUT2D eigenvalue weighted by atomic mass is 10.1. The van der Waals surface area contributed by atoms with E-state index in [1.807, 2.05) is 6.07 Å². The summed E-state index contributed by atoms with van der Waals surface area (Å²) < 4.78 is 10.9. The van der Waals surface area contributed by atoms with Crippen LogP contribution >= 0.6 is 11.6 Å². The van der Waals surface area contributed by atoms with Crippen LogP contribution in [0.15, 0.2) is 66.7 Å². The predicted octanol–water partition coefficient (Wildman–Crippen LogP) is 4.60. The van der Waals surface area contributed by atoms with Crippen molar-refractivity contribution in [3.05, 3.63) is 77.3 Å². The van der Waals surface area contributed by atoms with Gasteiger partial charge in [0.05, 0.1) is 31.5 Å². The molecular formula is C26H24ClN3O5. The van der Waals surface area contributed by atoms with Crippen LogP contribution in [0.2, 0.25) is 5.02 Å². The minimum Gasteiger partial charge on any atom is -0.494 e. The van der Waals surface area contributed by atoms with Gasteiger partial charge in [-0.15, -0.1) is 0 Å². The summed E-state index contributed by atoms with van der Waals surface area (Å²) in [5.74, 6) is -0.648. The zero-order valence-corrected chi connectivity index (χ0v) is 20.0. The predicted molar refractivity (Wildman–Crippen MR) is 134 cm³/mol. The summed E-state index contributed by atoms with van der Waals surface area (Å²) in [6.45, 7) is 0.247. The van der Waals surface area contributed by atoms with Crippen LogP contribution in [0, 0.1) is 5.92 Å². The number of hydrogen-bond donors (Lipinski definition) is 2. The van der Waals surface area contributed by atoms with E-state index in [9.17, 15) is 14.4 Å². The zero-order valence-electron chi connectivity index (χ0n) is 19.2. The van der Waals surface area contributed by atoms with Crippen molar-refractivity contribution in [2.45, 2.75) is 6.42 Å². The summed E-state index contributed by atoms with van der Waals surface area (Å²) in [4.78, 5) is 39.7. The number of anilines is 3. The molecule has 35 heavy (non-hydrogen) atoms. The first-order valence-corrected chi connectivity index (χ1v) is 11.3. The fourth-order valence-electron chi connectivity index (χ4n) is 3.87. The normalized spacial score (nSPS) is 15.0. The molecule has 3 aromatic carbocycles. The van der Waals surface area contributed by atoms with Gasteiger partial charge in [0.25, 0.3) is 5.91 Å². The SMILES string of the molecule is COc1cc(NC(=O)[C@H]2CC(=O)N(c3ccc(Cl)cc3)C2)c(OC)cc1NC(=O)c1ccccc1. The summed E-state index contributed by atoms with van der Waals surface area (Å²) in [7, 11) is 2.92. The Balaban J connectivity index is 1.50. The average Bonchev–Trinajstić information content (AvgIpc) is 3.27. The molecule has 0 bridgehead atoms. The second-order valence-electron chi connectivity index (χ2n) is 7.94. The van der Waals surface area contributed by atoms with Crippen molar-refractivity contribution in [2.75, 3.05) is 36.3 Å². The van der Waals surface area contributed by atoms with Gasteiger partial charge in [-0.05, 0) is 36.4 Å². The summed E-state index contributed by atoms with van der Waals surface area (Å²) >= 11 is 5.93. The quantitative estimate of drug-likeness (QED) is 0.501. The zero-order chi connectivity index (χ0) is 24.9. The monoisotopic (exact) mass is 493 g/mol. The molecule has 4 rings (SSSR count). The smallest absolute Gasteiger partial charge is 0.255 e. The maximum atomic E-state index is 13.0. The Labute approximate surface area is 207 Å². The van der Waals surface area contributed by atoms with E-state index in [4.69, 9.17) is 21.1 Å². The van der Waals surface area contributed by atoms with Crippen molar-refractivity contribution in [2.24, 2.45) is 5.92 Å². The molecule has 1 aliphatic heterocycles. The van der Waals surface area contributed by atoms with Crippen LogP contribution in [0.4, 0.5) is 17.1 Å². The Morgan fingerprint density at radius 1 is 0.914 bits per heavy atom. The van der Waals surface area contributed by atoms with Crippen molar-refractivity contribution in [1.29, 1.82) is 0 Å². The first kappa shape index (κ1) is 24.1. The van der Waals surface area contributed by atoms with E-state index in [1.54, 1.807) is 65.6 Å². The summed E-state index contributed by atoms with van der Waals surface area (Å²) in [6.07, 6.45) is 0.0825. The number of ether oxygens (including phenoxy) is 2. The van der Waals surface area contributed by atoms with Crippen molar-refractivity contribution in [3.63, 3.8) is 0 Å². The number of amides is 3. The number of halogens is 1. The minimum absolute atomic E-state index is 0.0825. The van der Waals surface area contributed by atoms with Crippen molar-refractivity contribution < 1.29 is 23.9 Å². The Morgan fingerprint density at radius 3 is 2.11 bits per heavy atom. The summed E-state index contributed by atoms with van der Waals surface area (Å²) in [6, 6.07) is 18.8. The Morgan fingerprint density at radius 2 is 1.51 bits per heavy atom. The van der Waals surface area contributed by atoms with E-state index in [1.165, 1.54) is 14.2 Å². The lowest BCUT2D eigenvalue weighted by Crippen LogP contribution is -2.28. The maximum absolute atomic E-state index is 13.0. The summed E-state index contributed by atoms with van der Waals surface area (Å²) in [5, 5.41) is 6.21. The number of methoxy groups -OCH3 is 2. The molecule has 2 N–H and O–H groups in total. The molecule has 8 nitrogen and oxygen atoms in total. The first-order chi connectivity index (χ1) is 16.9. The van der Waals surface area contributed by atoms with Gasteiger partial charge in [0.15, 0.2) is 0 Å². The number of nitrogens with zero attached hydrogens (tertiary/aromatic N) is 1. The van der Waals surface area contributed by atoms with Gasteiger partial charge in [-0.3, -0.25) is 14.4 Å². The molecule has 0 aliphatic carbocycles. The highest BCUT2D eigenvalue weighted by Crippen LogP contribution is 2.37. The lowest BCUT2D eigenvalue weighted by Gasteiger charge is -2.18. The third-order valence-corrected chi connectivity index (χ3v) is 5.95. The number of benzene rings is 3. The molecule has 3 aromatic rings. The maximum Gasteiger partial charge on any atom is 0.255 e.